The number of thiocarbonyl (C=S) groups is 1. The standard InChI is InChI=1S/C17H13N3O3S2/c1-23-13-7-5-11(6-8-13)15(21)19-20-16(22)14(25-17(20)24)10-12-4-2-3-9-18-12/h2-10H,1H3,(H,19,21)/b14-10+. The molecule has 2 heterocycles. The molecule has 3 rings (SSSR count). The van der Waals surface area contributed by atoms with Gasteiger partial charge in [0.1, 0.15) is 5.75 Å². The minimum Gasteiger partial charge on any atom is -0.497 e. The van der Waals surface area contributed by atoms with E-state index in [4.69, 9.17) is 17.0 Å². The van der Waals surface area contributed by atoms with Gasteiger partial charge in [-0.3, -0.25) is 20.0 Å². The van der Waals surface area contributed by atoms with Gasteiger partial charge in [0.15, 0.2) is 4.32 Å². The van der Waals surface area contributed by atoms with Crippen LogP contribution in [0.5, 0.6) is 5.75 Å². The highest BCUT2D eigenvalue weighted by atomic mass is 32.2. The van der Waals surface area contributed by atoms with Crippen molar-refractivity contribution in [1.29, 1.82) is 0 Å². The van der Waals surface area contributed by atoms with E-state index in [0.717, 1.165) is 16.8 Å². The van der Waals surface area contributed by atoms with Crippen LogP contribution in [-0.2, 0) is 4.79 Å². The van der Waals surface area contributed by atoms with Gasteiger partial charge in [0.25, 0.3) is 11.8 Å². The quantitative estimate of drug-likeness (QED) is 0.658. The van der Waals surface area contributed by atoms with Crippen LogP contribution in [0.25, 0.3) is 6.08 Å². The molecule has 1 aromatic carbocycles. The van der Waals surface area contributed by atoms with E-state index in [9.17, 15) is 9.59 Å². The maximum absolute atomic E-state index is 12.5. The van der Waals surface area contributed by atoms with Gasteiger partial charge in [-0.25, -0.2) is 0 Å². The molecule has 6 nitrogen and oxygen atoms in total. The molecule has 1 saturated heterocycles. The summed E-state index contributed by atoms with van der Waals surface area (Å²) >= 11 is 6.30. The predicted molar refractivity (Wildman–Crippen MR) is 99.7 cm³/mol. The Kier molecular flexibility index (Phi) is 5.11. The Bertz CT molecular complexity index is 851. The van der Waals surface area contributed by atoms with Crippen LogP contribution in [0.15, 0.2) is 53.6 Å². The number of nitrogens with one attached hydrogen (secondary N) is 1. The van der Waals surface area contributed by atoms with E-state index in [2.05, 4.69) is 10.4 Å². The summed E-state index contributed by atoms with van der Waals surface area (Å²) in [6, 6.07) is 11.9. The molecule has 0 saturated carbocycles. The van der Waals surface area contributed by atoms with E-state index < -0.39 is 5.91 Å². The van der Waals surface area contributed by atoms with Crippen molar-refractivity contribution >= 4 is 46.2 Å². The van der Waals surface area contributed by atoms with E-state index in [1.165, 1.54) is 0 Å². The summed E-state index contributed by atoms with van der Waals surface area (Å²) in [5.74, 6) is -0.180. The SMILES string of the molecule is COc1ccc(C(=O)NN2C(=O)/C(=C\c3ccccn3)SC2=S)cc1. The van der Waals surface area contributed by atoms with Crippen molar-refractivity contribution in [2.45, 2.75) is 0 Å². The molecule has 1 fully saturated rings. The number of ether oxygens (including phenoxy) is 1. The number of carbonyl (C=O) groups excluding carboxylic acids is 2. The highest BCUT2D eigenvalue weighted by Gasteiger charge is 2.33. The number of amides is 2. The number of hydrogen-bond donors (Lipinski definition) is 1. The van der Waals surface area contributed by atoms with Crippen molar-refractivity contribution in [3.8, 4) is 5.75 Å². The topological polar surface area (TPSA) is 71.5 Å². The lowest BCUT2D eigenvalue weighted by atomic mass is 10.2. The van der Waals surface area contributed by atoms with Gasteiger partial charge in [0.2, 0.25) is 0 Å². The van der Waals surface area contributed by atoms with Crippen molar-refractivity contribution < 1.29 is 14.3 Å². The summed E-state index contributed by atoms with van der Waals surface area (Å²) in [6.45, 7) is 0. The number of rotatable bonds is 4. The average Bonchev–Trinajstić information content (AvgIpc) is 2.90. The summed E-state index contributed by atoms with van der Waals surface area (Å²) < 4.78 is 5.31. The van der Waals surface area contributed by atoms with E-state index in [-0.39, 0.29) is 10.2 Å². The Morgan fingerprint density at radius 3 is 2.68 bits per heavy atom. The molecule has 25 heavy (non-hydrogen) atoms. The zero-order valence-electron chi connectivity index (χ0n) is 13.1. The fourth-order valence-electron chi connectivity index (χ4n) is 2.07. The molecule has 0 aliphatic carbocycles. The summed E-state index contributed by atoms with van der Waals surface area (Å²) in [6.07, 6.45) is 3.27. The molecule has 1 aromatic heterocycles. The van der Waals surface area contributed by atoms with Crippen molar-refractivity contribution in [3.05, 3.63) is 64.8 Å². The van der Waals surface area contributed by atoms with E-state index in [0.29, 0.717) is 21.9 Å². The molecule has 1 N–H and O–H groups in total. The number of hydrogen-bond acceptors (Lipinski definition) is 6. The van der Waals surface area contributed by atoms with E-state index >= 15 is 0 Å². The van der Waals surface area contributed by atoms with Gasteiger partial charge in [-0.1, -0.05) is 17.8 Å². The van der Waals surface area contributed by atoms with E-state index in [1.54, 1.807) is 55.8 Å². The van der Waals surface area contributed by atoms with E-state index in [1.807, 2.05) is 6.07 Å². The molecule has 2 amide bonds. The second-order valence-electron chi connectivity index (χ2n) is 4.94. The lowest BCUT2D eigenvalue weighted by Crippen LogP contribution is -2.44. The highest BCUT2D eigenvalue weighted by Crippen LogP contribution is 2.31. The lowest BCUT2D eigenvalue weighted by Gasteiger charge is -2.15. The van der Waals surface area contributed by atoms with Crippen LogP contribution in [0, 0.1) is 0 Å². The molecule has 0 atom stereocenters. The lowest BCUT2D eigenvalue weighted by molar-refractivity contribution is -0.123. The number of nitrogens with zero attached hydrogens (tertiary/aromatic N) is 2. The minimum atomic E-state index is -0.432. The molecule has 2 aromatic rings. The fraction of sp³-hybridized carbons (Fsp3) is 0.0588. The summed E-state index contributed by atoms with van der Waals surface area (Å²) in [4.78, 5) is 29.3. The minimum absolute atomic E-state index is 0.258. The average molecular weight is 371 g/mol. The van der Waals surface area contributed by atoms with Gasteiger partial charge in [-0.15, -0.1) is 0 Å². The van der Waals surface area contributed by atoms with Crippen molar-refractivity contribution in [3.63, 3.8) is 0 Å². The van der Waals surface area contributed by atoms with Crippen LogP contribution in [0.4, 0.5) is 0 Å². The number of pyridine rings is 1. The Hall–Kier alpha value is -2.71. The Labute approximate surface area is 153 Å². The van der Waals surface area contributed by atoms with Crippen molar-refractivity contribution in [2.75, 3.05) is 7.11 Å². The molecular formula is C17H13N3O3S2. The molecule has 0 spiro atoms. The number of hydrazine groups is 1. The van der Waals surface area contributed by atoms with Crippen LogP contribution >= 0.6 is 24.0 Å². The first kappa shape index (κ1) is 17.1. The van der Waals surface area contributed by atoms with Crippen LogP contribution < -0.4 is 10.2 Å². The smallest absolute Gasteiger partial charge is 0.285 e. The third kappa shape index (κ3) is 3.86. The maximum Gasteiger partial charge on any atom is 0.285 e. The maximum atomic E-state index is 12.5. The first-order valence-electron chi connectivity index (χ1n) is 7.22. The zero-order valence-corrected chi connectivity index (χ0v) is 14.8. The van der Waals surface area contributed by atoms with Gasteiger partial charge in [0.05, 0.1) is 17.7 Å². The van der Waals surface area contributed by atoms with Crippen LogP contribution in [0.1, 0.15) is 16.1 Å². The zero-order chi connectivity index (χ0) is 17.8. The molecule has 126 valence electrons. The Balaban J connectivity index is 1.74. The third-order valence-electron chi connectivity index (χ3n) is 3.33. The highest BCUT2D eigenvalue weighted by molar-refractivity contribution is 8.26. The molecule has 0 bridgehead atoms. The summed E-state index contributed by atoms with van der Waals surface area (Å²) in [5.41, 5.74) is 3.56. The largest absolute Gasteiger partial charge is 0.497 e. The van der Waals surface area contributed by atoms with Crippen molar-refractivity contribution in [2.24, 2.45) is 0 Å². The van der Waals surface area contributed by atoms with Crippen LogP contribution in [0.3, 0.4) is 0 Å². The molecular weight excluding hydrogens is 358 g/mol. The first-order chi connectivity index (χ1) is 12.1. The molecule has 1 aliphatic rings. The van der Waals surface area contributed by atoms with Gasteiger partial charge < -0.3 is 4.74 Å². The normalized spacial score (nSPS) is 15.6. The number of benzene rings is 1. The van der Waals surface area contributed by atoms with Crippen LogP contribution in [0.2, 0.25) is 0 Å². The number of carbonyl (C=O) groups is 2. The monoisotopic (exact) mass is 371 g/mol. The Morgan fingerprint density at radius 1 is 1.28 bits per heavy atom. The second-order valence-corrected chi connectivity index (χ2v) is 6.62. The molecule has 8 heteroatoms. The predicted octanol–water partition coefficient (Wildman–Crippen LogP) is 2.64. The third-order valence-corrected chi connectivity index (χ3v) is 4.63. The fourth-order valence-corrected chi connectivity index (χ4v) is 3.23. The summed E-state index contributed by atoms with van der Waals surface area (Å²) in [5, 5.41) is 1.07. The molecule has 0 unspecified atom stereocenters. The molecule has 1 aliphatic heterocycles. The Morgan fingerprint density at radius 2 is 2.04 bits per heavy atom. The van der Waals surface area contributed by atoms with Gasteiger partial charge in [-0.05, 0) is 54.7 Å². The molecule has 0 radical (unpaired) electrons. The number of methoxy groups -OCH3 is 1. The van der Waals surface area contributed by atoms with Crippen LogP contribution in [-0.4, -0.2) is 33.2 Å². The summed E-state index contributed by atoms with van der Waals surface area (Å²) in [7, 11) is 1.54. The second kappa shape index (κ2) is 7.45. The van der Waals surface area contributed by atoms with Crippen molar-refractivity contribution in [1.82, 2.24) is 15.4 Å². The number of aromatic nitrogens is 1. The van der Waals surface area contributed by atoms with Gasteiger partial charge >= 0.3 is 0 Å². The van der Waals surface area contributed by atoms with Gasteiger partial charge in [-0.2, -0.15) is 5.01 Å². The van der Waals surface area contributed by atoms with Gasteiger partial charge in [0, 0.05) is 11.8 Å². The number of thioether (sulfide) groups is 1. The first-order valence-corrected chi connectivity index (χ1v) is 8.45.